The van der Waals surface area contributed by atoms with Gasteiger partial charge in [0, 0.05) is 12.7 Å². The molecule has 1 aromatic carbocycles. The fourth-order valence-electron chi connectivity index (χ4n) is 2.57. The van der Waals surface area contributed by atoms with Crippen molar-refractivity contribution >= 4 is 11.2 Å². The smallest absolute Gasteiger partial charge is 0.160 e. The summed E-state index contributed by atoms with van der Waals surface area (Å²) in [6, 6.07) is 13.9. The van der Waals surface area contributed by atoms with Crippen molar-refractivity contribution in [1.82, 2.24) is 14.5 Å². The Morgan fingerprint density at radius 3 is 2.60 bits per heavy atom. The molecule has 0 amide bonds. The van der Waals surface area contributed by atoms with Gasteiger partial charge in [-0.05, 0) is 31.5 Å². The second kappa shape index (κ2) is 4.72. The molecule has 2 heterocycles. The lowest BCUT2D eigenvalue weighted by Crippen LogP contribution is -2.37. The predicted molar refractivity (Wildman–Crippen MR) is 80.3 cm³/mol. The lowest BCUT2D eigenvalue weighted by molar-refractivity contribution is 0.521. The molecular weight excluding hydrogens is 248 g/mol. The molecule has 1 unspecified atom stereocenters. The third-order valence-corrected chi connectivity index (χ3v) is 3.66. The second-order valence-electron chi connectivity index (χ2n) is 5.09. The molecule has 0 saturated carbocycles. The van der Waals surface area contributed by atoms with Crippen molar-refractivity contribution < 1.29 is 0 Å². The van der Waals surface area contributed by atoms with Crippen molar-refractivity contribution in [1.29, 1.82) is 0 Å². The fraction of sp³-hybridized carbons (Fsp3) is 0.250. The summed E-state index contributed by atoms with van der Waals surface area (Å²) in [5.41, 5.74) is 8.77. The molecule has 20 heavy (non-hydrogen) atoms. The lowest BCUT2D eigenvalue weighted by Gasteiger charge is -2.25. The summed E-state index contributed by atoms with van der Waals surface area (Å²) in [4.78, 5) is 9.13. The van der Waals surface area contributed by atoms with Gasteiger partial charge in [-0.15, -0.1) is 0 Å². The minimum absolute atomic E-state index is 0.641. The summed E-state index contributed by atoms with van der Waals surface area (Å²) < 4.78 is 2.09. The molecule has 4 heteroatoms. The molecule has 0 saturated heterocycles. The lowest BCUT2D eigenvalue weighted by atomic mass is 9.92. The van der Waals surface area contributed by atoms with Gasteiger partial charge in [-0.3, -0.25) is 0 Å². The van der Waals surface area contributed by atoms with E-state index in [0.29, 0.717) is 0 Å². The zero-order valence-electron chi connectivity index (χ0n) is 11.7. The molecular formula is C16H18N4. The molecule has 0 radical (unpaired) electrons. The maximum absolute atomic E-state index is 6.59. The maximum atomic E-state index is 6.59. The van der Waals surface area contributed by atoms with Gasteiger partial charge in [0.2, 0.25) is 0 Å². The molecule has 0 bridgehead atoms. The van der Waals surface area contributed by atoms with Crippen LogP contribution in [0.4, 0.5) is 0 Å². The number of hydrogen-bond donors (Lipinski definition) is 1. The van der Waals surface area contributed by atoms with Crippen molar-refractivity contribution in [3.63, 3.8) is 0 Å². The monoisotopic (exact) mass is 266 g/mol. The van der Waals surface area contributed by atoms with Gasteiger partial charge < -0.3 is 10.3 Å². The number of nitrogens with two attached hydrogens (primary N) is 1. The van der Waals surface area contributed by atoms with Crippen LogP contribution in [-0.2, 0) is 12.1 Å². The Morgan fingerprint density at radius 2 is 1.90 bits per heavy atom. The average Bonchev–Trinajstić information content (AvgIpc) is 2.87. The highest BCUT2D eigenvalue weighted by atomic mass is 15.2. The van der Waals surface area contributed by atoms with Gasteiger partial charge in [0.25, 0.3) is 0 Å². The molecule has 4 nitrogen and oxygen atoms in total. The van der Waals surface area contributed by atoms with Crippen LogP contribution < -0.4 is 5.73 Å². The molecule has 3 aromatic rings. The molecule has 3 rings (SSSR count). The first-order valence-electron chi connectivity index (χ1n) is 6.80. The van der Waals surface area contributed by atoms with Crippen LogP contribution in [0.25, 0.3) is 11.2 Å². The predicted octanol–water partition coefficient (Wildman–Crippen LogP) is 2.67. The summed E-state index contributed by atoms with van der Waals surface area (Å²) in [6.45, 7) is 4.87. The third kappa shape index (κ3) is 1.89. The molecule has 0 fully saturated rings. The fourth-order valence-corrected chi connectivity index (χ4v) is 2.57. The number of rotatable bonds is 3. The van der Waals surface area contributed by atoms with E-state index < -0.39 is 5.54 Å². The standard InChI is InChI=1S/C16H18N4/c1-3-20-14-13(10-7-11-18-14)19-15(20)16(2,17)12-8-5-4-6-9-12/h4-11H,3,17H2,1-2H3. The summed E-state index contributed by atoms with van der Waals surface area (Å²) in [5, 5.41) is 0. The van der Waals surface area contributed by atoms with E-state index in [1.54, 1.807) is 6.20 Å². The molecule has 1 atom stereocenters. The van der Waals surface area contributed by atoms with Crippen LogP contribution in [0.1, 0.15) is 25.2 Å². The number of imidazole rings is 1. The van der Waals surface area contributed by atoms with E-state index in [4.69, 9.17) is 10.7 Å². The summed E-state index contributed by atoms with van der Waals surface area (Å²) in [6.07, 6.45) is 1.79. The Hall–Kier alpha value is -2.20. The molecule has 2 aromatic heterocycles. The number of nitrogens with zero attached hydrogens (tertiary/aromatic N) is 3. The van der Waals surface area contributed by atoms with Gasteiger partial charge in [-0.2, -0.15) is 0 Å². The largest absolute Gasteiger partial charge is 0.315 e. The van der Waals surface area contributed by atoms with Crippen molar-refractivity contribution in [3.05, 3.63) is 60.0 Å². The van der Waals surface area contributed by atoms with Crippen LogP contribution in [-0.4, -0.2) is 14.5 Å². The van der Waals surface area contributed by atoms with Crippen LogP contribution in [0.3, 0.4) is 0 Å². The highest BCUT2D eigenvalue weighted by molar-refractivity contribution is 5.71. The summed E-state index contributed by atoms with van der Waals surface area (Å²) in [7, 11) is 0. The summed E-state index contributed by atoms with van der Waals surface area (Å²) in [5.74, 6) is 0.847. The number of pyridine rings is 1. The van der Waals surface area contributed by atoms with E-state index in [0.717, 1.165) is 29.1 Å². The van der Waals surface area contributed by atoms with Crippen molar-refractivity contribution in [3.8, 4) is 0 Å². The third-order valence-electron chi connectivity index (χ3n) is 3.66. The summed E-state index contributed by atoms with van der Waals surface area (Å²) >= 11 is 0. The highest BCUT2D eigenvalue weighted by Crippen LogP contribution is 2.28. The van der Waals surface area contributed by atoms with E-state index in [1.807, 2.05) is 49.4 Å². The highest BCUT2D eigenvalue weighted by Gasteiger charge is 2.30. The molecule has 0 aliphatic carbocycles. The minimum atomic E-state index is -0.641. The molecule has 0 aliphatic heterocycles. The first kappa shape index (κ1) is 12.8. The van der Waals surface area contributed by atoms with Gasteiger partial charge in [0.1, 0.15) is 11.3 Å². The van der Waals surface area contributed by atoms with Crippen molar-refractivity contribution in [2.45, 2.75) is 25.9 Å². The first-order valence-corrected chi connectivity index (χ1v) is 6.80. The van der Waals surface area contributed by atoms with E-state index in [-0.39, 0.29) is 0 Å². The van der Waals surface area contributed by atoms with E-state index in [9.17, 15) is 0 Å². The quantitative estimate of drug-likeness (QED) is 0.793. The van der Waals surface area contributed by atoms with Gasteiger partial charge in [-0.1, -0.05) is 30.3 Å². The van der Waals surface area contributed by atoms with Crippen molar-refractivity contribution in [2.75, 3.05) is 0 Å². The van der Waals surface area contributed by atoms with E-state index in [1.165, 1.54) is 0 Å². The topological polar surface area (TPSA) is 56.7 Å². The Kier molecular flexibility index (Phi) is 3.03. The Labute approximate surface area is 118 Å². The molecule has 0 spiro atoms. The SMILES string of the molecule is CCn1c(C(C)(N)c2ccccc2)nc2cccnc21. The van der Waals surface area contributed by atoms with Gasteiger partial charge in [0.05, 0.1) is 5.54 Å². The van der Waals surface area contributed by atoms with Gasteiger partial charge in [0.15, 0.2) is 5.65 Å². The maximum Gasteiger partial charge on any atom is 0.160 e. The van der Waals surface area contributed by atoms with Crippen LogP contribution >= 0.6 is 0 Å². The first-order chi connectivity index (χ1) is 9.64. The molecule has 2 N–H and O–H groups in total. The number of aryl methyl sites for hydroxylation is 1. The molecule has 102 valence electrons. The average molecular weight is 266 g/mol. The normalized spacial score (nSPS) is 14.3. The van der Waals surface area contributed by atoms with E-state index >= 15 is 0 Å². The molecule has 0 aliphatic rings. The number of fused-ring (bicyclic) bond motifs is 1. The Morgan fingerprint density at radius 1 is 1.15 bits per heavy atom. The number of aromatic nitrogens is 3. The van der Waals surface area contributed by atoms with Gasteiger partial charge in [-0.25, -0.2) is 9.97 Å². The van der Waals surface area contributed by atoms with Crippen LogP contribution in [0, 0.1) is 0 Å². The van der Waals surface area contributed by atoms with Crippen molar-refractivity contribution in [2.24, 2.45) is 5.73 Å². The number of hydrogen-bond acceptors (Lipinski definition) is 3. The van der Waals surface area contributed by atoms with Gasteiger partial charge >= 0.3 is 0 Å². The van der Waals surface area contributed by atoms with Crippen LogP contribution in [0.5, 0.6) is 0 Å². The zero-order chi connectivity index (χ0) is 14.2. The van der Waals surface area contributed by atoms with E-state index in [2.05, 4.69) is 16.5 Å². The Balaban J connectivity index is 2.23. The minimum Gasteiger partial charge on any atom is -0.315 e. The van der Waals surface area contributed by atoms with Crippen LogP contribution in [0.2, 0.25) is 0 Å². The zero-order valence-corrected chi connectivity index (χ0v) is 11.7. The second-order valence-corrected chi connectivity index (χ2v) is 5.09. The Bertz CT molecular complexity index is 729. The van der Waals surface area contributed by atoms with Crippen LogP contribution in [0.15, 0.2) is 48.7 Å². The number of benzene rings is 1.